The third-order valence-electron chi connectivity index (χ3n) is 6.46. The molecule has 0 spiro atoms. The van der Waals surface area contributed by atoms with Crippen LogP contribution in [0.3, 0.4) is 0 Å². The molecular weight excluding hydrogens is 364 g/mol. The first-order chi connectivity index (χ1) is 13.5. The summed E-state index contributed by atoms with van der Waals surface area (Å²) in [7, 11) is 0. The maximum absolute atomic E-state index is 5.89. The maximum Gasteiger partial charge on any atom is 0.170 e. The number of thiocarbonyl (C=S) groups is 1. The molecule has 0 aromatic carbocycles. The van der Waals surface area contributed by atoms with E-state index in [2.05, 4.69) is 65.7 Å². The Morgan fingerprint density at radius 2 is 1.89 bits per heavy atom. The van der Waals surface area contributed by atoms with Gasteiger partial charge in [0, 0.05) is 29.7 Å². The third kappa shape index (κ3) is 3.34. The van der Waals surface area contributed by atoms with Gasteiger partial charge >= 0.3 is 0 Å². The van der Waals surface area contributed by atoms with E-state index in [0.717, 1.165) is 10.8 Å². The average molecular weight is 397 g/mol. The van der Waals surface area contributed by atoms with Gasteiger partial charge in [-0.1, -0.05) is 25.3 Å². The second-order valence-corrected chi connectivity index (χ2v) is 9.00. The Bertz CT molecular complexity index is 836. The summed E-state index contributed by atoms with van der Waals surface area (Å²) < 4.78 is 2.45. The largest absolute Gasteiger partial charge is 0.352 e. The molecule has 4 rings (SSSR count). The molecule has 2 atom stereocenters. The lowest BCUT2D eigenvalue weighted by Crippen LogP contribution is -2.40. The van der Waals surface area contributed by atoms with Crippen molar-refractivity contribution in [2.24, 2.45) is 0 Å². The highest BCUT2D eigenvalue weighted by atomic mass is 32.1. The van der Waals surface area contributed by atoms with E-state index in [1.54, 1.807) is 0 Å². The van der Waals surface area contributed by atoms with E-state index in [1.807, 2.05) is 12.3 Å². The van der Waals surface area contributed by atoms with Gasteiger partial charge in [-0.15, -0.1) is 0 Å². The molecule has 5 heteroatoms. The number of aryl methyl sites for hydroxylation is 1. The van der Waals surface area contributed by atoms with Gasteiger partial charge in [0.15, 0.2) is 5.11 Å². The Morgan fingerprint density at radius 1 is 1.14 bits per heavy atom. The lowest BCUT2D eigenvalue weighted by Gasteiger charge is -2.37. The number of nitrogens with zero attached hydrogens (tertiary/aromatic N) is 3. The summed E-state index contributed by atoms with van der Waals surface area (Å²) in [5, 5.41) is 4.53. The number of rotatable bonds is 4. The van der Waals surface area contributed by atoms with Crippen molar-refractivity contribution in [1.82, 2.24) is 19.8 Å². The van der Waals surface area contributed by atoms with Crippen LogP contribution in [-0.2, 0) is 0 Å². The molecule has 150 valence electrons. The van der Waals surface area contributed by atoms with Gasteiger partial charge in [-0.3, -0.25) is 4.98 Å². The number of hydrogen-bond acceptors (Lipinski definition) is 2. The zero-order chi connectivity index (χ0) is 19.8. The van der Waals surface area contributed by atoms with E-state index in [4.69, 9.17) is 12.2 Å². The van der Waals surface area contributed by atoms with Gasteiger partial charge in [0.25, 0.3) is 0 Å². The summed E-state index contributed by atoms with van der Waals surface area (Å²) in [5.74, 6) is 0. The van der Waals surface area contributed by atoms with Crippen LogP contribution in [0.25, 0.3) is 0 Å². The van der Waals surface area contributed by atoms with Crippen LogP contribution in [0.15, 0.2) is 30.5 Å². The van der Waals surface area contributed by atoms with Crippen LogP contribution >= 0.6 is 12.2 Å². The summed E-state index contributed by atoms with van der Waals surface area (Å²) in [4.78, 5) is 7.20. The highest BCUT2D eigenvalue weighted by Gasteiger charge is 2.44. The molecule has 0 unspecified atom stereocenters. The predicted molar refractivity (Wildman–Crippen MR) is 118 cm³/mol. The fraction of sp³-hybridized carbons (Fsp3) is 0.565. The van der Waals surface area contributed by atoms with Gasteiger partial charge in [-0.2, -0.15) is 0 Å². The molecule has 1 aliphatic heterocycles. The molecule has 1 saturated heterocycles. The lowest BCUT2D eigenvalue weighted by atomic mass is 9.90. The molecule has 2 aromatic rings. The van der Waals surface area contributed by atoms with E-state index in [9.17, 15) is 0 Å². The molecular formula is C23H32N4S. The lowest BCUT2D eigenvalue weighted by molar-refractivity contribution is 0.196. The fourth-order valence-electron chi connectivity index (χ4n) is 5.35. The van der Waals surface area contributed by atoms with Gasteiger partial charge in [0.2, 0.25) is 0 Å². The summed E-state index contributed by atoms with van der Waals surface area (Å²) >= 11 is 5.89. The van der Waals surface area contributed by atoms with Gasteiger partial charge in [0.1, 0.15) is 0 Å². The Balaban J connectivity index is 1.81. The minimum atomic E-state index is 0.0942. The topological polar surface area (TPSA) is 33.1 Å². The maximum atomic E-state index is 5.89. The molecule has 2 aromatic heterocycles. The summed E-state index contributed by atoms with van der Waals surface area (Å²) in [5.41, 5.74) is 5.14. The van der Waals surface area contributed by atoms with E-state index < -0.39 is 0 Å². The monoisotopic (exact) mass is 396 g/mol. The predicted octanol–water partition coefficient (Wildman–Crippen LogP) is 5.39. The van der Waals surface area contributed by atoms with Crippen molar-refractivity contribution in [3.63, 3.8) is 0 Å². The van der Waals surface area contributed by atoms with Crippen molar-refractivity contribution >= 4 is 17.3 Å². The second-order valence-electron chi connectivity index (χ2n) is 8.62. The number of aromatic nitrogens is 2. The van der Waals surface area contributed by atoms with Crippen molar-refractivity contribution in [2.75, 3.05) is 0 Å². The van der Waals surface area contributed by atoms with Crippen molar-refractivity contribution in [2.45, 2.75) is 84.0 Å². The Morgan fingerprint density at radius 3 is 2.50 bits per heavy atom. The average Bonchev–Trinajstić information content (AvgIpc) is 3.18. The minimum Gasteiger partial charge on any atom is -0.352 e. The minimum absolute atomic E-state index is 0.0942. The highest BCUT2D eigenvalue weighted by Crippen LogP contribution is 2.44. The highest BCUT2D eigenvalue weighted by molar-refractivity contribution is 7.80. The number of nitrogens with one attached hydrogen (secondary N) is 1. The molecule has 0 bridgehead atoms. The molecule has 3 heterocycles. The first-order valence-corrected chi connectivity index (χ1v) is 11.1. The quantitative estimate of drug-likeness (QED) is 0.703. The zero-order valence-electron chi connectivity index (χ0n) is 17.5. The molecule has 0 radical (unpaired) electrons. The number of hydrogen-bond donors (Lipinski definition) is 1. The van der Waals surface area contributed by atoms with Crippen LogP contribution in [0.5, 0.6) is 0 Å². The van der Waals surface area contributed by atoms with Gasteiger partial charge < -0.3 is 14.8 Å². The van der Waals surface area contributed by atoms with Crippen LogP contribution in [0.1, 0.15) is 86.7 Å². The summed E-state index contributed by atoms with van der Waals surface area (Å²) in [6.07, 6.45) is 8.30. The Kier molecular flexibility index (Phi) is 5.46. The summed E-state index contributed by atoms with van der Waals surface area (Å²) in [6.45, 7) is 9.00. The first-order valence-electron chi connectivity index (χ1n) is 10.7. The molecule has 4 nitrogen and oxygen atoms in total. The van der Waals surface area contributed by atoms with Crippen LogP contribution in [0.4, 0.5) is 0 Å². The number of pyridine rings is 1. The van der Waals surface area contributed by atoms with Crippen molar-refractivity contribution in [3.05, 3.63) is 53.1 Å². The molecule has 2 aliphatic rings. The van der Waals surface area contributed by atoms with Crippen LogP contribution in [0.2, 0.25) is 0 Å². The van der Waals surface area contributed by atoms with Crippen molar-refractivity contribution in [3.8, 4) is 0 Å². The zero-order valence-corrected chi connectivity index (χ0v) is 18.3. The fourth-order valence-corrected chi connectivity index (χ4v) is 5.74. The van der Waals surface area contributed by atoms with Crippen molar-refractivity contribution in [1.29, 1.82) is 0 Å². The molecule has 0 amide bonds. The van der Waals surface area contributed by atoms with Crippen LogP contribution in [0, 0.1) is 13.8 Å². The second kappa shape index (κ2) is 7.86. The van der Waals surface area contributed by atoms with E-state index in [1.165, 1.54) is 49.1 Å². The van der Waals surface area contributed by atoms with E-state index >= 15 is 0 Å². The molecule has 1 saturated carbocycles. The molecule has 1 N–H and O–H groups in total. The van der Waals surface area contributed by atoms with Crippen LogP contribution < -0.4 is 5.32 Å². The molecule has 2 fully saturated rings. The van der Waals surface area contributed by atoms with Gasteiger partial charge in [-0.05, 0) is 76.5 Å². The standard InChI is InChI=1S/C23H32N4S/c1-15(2)26-16(3)14-19(17(26)4)22-21(20-12-8-9-13-24-20)25-23(28)27(22)18-10-6-5-7-11-18/h8-9,12-15,18,21-22H,5-7,10-11H2,1-4H3,(H,25,28)/t21-,22-/m1/s1. The first kappa shape index (κ1) is 19.4. The smallest absolute Gasteiger partial charge is 0.170 e. The van der Waals surface area contributed by atoms with E-state index in [0.29, 0.717) is 12.1 Å². The molecule has 1 aliphatic carbocycles. The Labute approximate surface area is 174 Å². The van der Waals surface area contributed by atoms with E-state index in [-0.39, 0.29) is 12.1 Å². The van der Waals surface area contributed by atoms with Crippen LogP contribution in [-0.4, -0.2) is 25.6 Å². The van der Waals surface area contributed by atoms with Crippen molar-refractivity contribution < 1.29 is 0 Å². The van der Waals surface area contributed by atoms with Gasteiger partial charge in [0.05, 0.1) is 17.8 Å². The summed E-state index contributed by atoms with van der Waals surface area (Å²) in [6, 6.07) is 9.82. The Hall–Kier alpha value is -1.88. The molecule has 28 heavy (non-hydrogen) atoms. The normalized spacial score (nSPS) is 23.5. The van der Waals surface area contributed by atoms with Gasteiger partial charge in [-0.25, -0.2) is 0 Å². The third-order valence-corrected chi connectivity index (χ3v) is 6.79. The SMILES string of the molecule is Cc1cc([C@@H]2[C@@H](c3ccccn3)NC(=S)N2C2CCCCC2)c(C)n1C(C)C.